The second kappa shape index (κ2) is 10.9. The molecule has 0 aromatic heterocycles. The lowest BCUT2D eigenvalue weighted by atomic mass is 10.1. The van der Waals surface area contributed by atoms with Crippen LogP contribution in [0.5, 0.6) is 0 Å². The first-order chi connectivity index (χ1) is 17.6. The highest BCUT2D eigenvalue weighted by atomic mass is 32.2. The molecule has 0 saturated heterocycles. The molecule has 0 aliphatic carbocycles. The molecule has 7 nitrogen and oxygen atoms in total. The van der Waals surface area contributed by atoms with E-state index in [0.717, 1.165) is 5.39 Å². The number of amides is 2. The molecule has 1 aliphatic rings. The van der Waals surface area contributed by atoms with Crippen LogP contribution in [0.1, 0.15) is 45.6 Å². The van der Waals surface area contributed by atoms with Gasteiger partial charge in [0, 0.05) is 30.9 Å². The van der Waals surface area contributed by atoms with Crippen molar-refractivity contribution >= 4 is 38.3 Å². The minimum atomic E-state index is -3.71. The highest BCUT2D eigenvalue weighted by molar-refractivity contribution is 7.93. The maximum atomic E-state index is 13.5. The number of nitrogens with one attached hydrogen (secondary N) is 1. The van der Waals surface area contributed by atoms with Crippen LogP contribution in [0.3, 0.4) is 0 Å². The maximum Gasteiger partial charge on any atom is 0.265 e. The van der Waals surface area contributed by atoms with Gasteiger partial charge in [0.25, 0.3) is 10.0 Å². The molecule has 2 amide bonds. The third kappa shape index (κ3) is 5.46. The Morgan fingerprint density at radius 2 is 1.70 bits per heavy atom. The van der Waals surface area contributed by atoms with E-state index in [9.17, 15) is 22.4 Å². The molecule has 4 rings (SSSR count). The smallest absolute Gasteiger partial charge is 0.265 e. The van der Waals surface area contributed by atoms with Crippen molar-refractivity contribution in [2.24, 2.45) is 0 Å². The van der Waals surface area contributed by atoms with Crippen molar-refractivity contribution in [1.29, 1.82) is 0 Å². The molecule has 196 valence electrons. The third-order valence-electron chi connectivity index (χ3n) is 6.52. The van der Waals surface area contributed by atoms with Crippen LogP contribution in [0, 0.1) is 5.82 Å². The van der Waals surface area contributed by atoms with Crippen molar-refractivity contribution in [1.82, 2.24) is 10.2 Å². The van der Waals surface area contributed by atoms with Gasteiger partial charge in [-0.15, -0.1) is 0 Å². The lowest BCUT2D eigenvalue weighted by molar-refractivity contribution is -0.141. The molecule has 1 heterocycles. The van der Waals surface area contributed by atoms with Crippen LogP contribution in [0.4, 0.5) is 10.1 Å². The Labute approximate surface area is 217 Å². The fourth-order valence-corrected chi connectivity index (χ4v) is 6.55. The Morgan fingerprint density at radius 1 is 1.03 bits per heavy atom. The number of sulfonamides is 1. The van der Waals surface area contributed by atoms with Crippen LogP contribution in [-0.2, 0) is 26.2 Å². The summed E-state index contributed by atoms with van der Waals surface area (Å²) in [5.41, 5.74) is 1.32. The molecule has 1 N–H and O–H groups in total. The van der Waals surface area contributed by atoms with E-state index in [1.165, 1.54) is 21.3 Å². The van der Waals surface area contributed by atoms with Gasteiger partial charge in [-0.2, -0.15) is 0 Å². The van der Waals surface area contributed by atoms with Gasteiger partial charge in [-0.25, -0.2) is 12.8 Å². The monoisotopic (exact) mass is 525 g/mol. The average Bonchev–Trinajstić information content (AvgIpc) is 3.07. The van der Waals surface area contributed by atoms with Gasteiger partial charge >= 0.3 is 0 Å². The van der Waals surface area contributed by atoms with Gasteiger partial charge in [0.2, 0.25) is 11.8 Å². The SMILES string of the molecule is CC[C@H](C(=O)NC(C)C)N(Cc1ccc(F)cc1)C(=O)CCCN1c2cccc3cccc(c23)S1(=O)=O. The number of carbonyl (C=O) groups excluding carboxylic acids is 2. The number of hydrogen-bond donors (Lipinski definition) is 1. The molecule has 37 heavy (non-hydrogen) atoms. The molecule has 0 unspecified atom stereocenters. The lowest BCUT2D eigenvalue weighted by Crippen LogP contribution is -2.50. The van der Waals surface area contributed by atoms with Crippen LogP contribution < -0.4 is 9.62 Å². The van der Waals surface area contributed by atoms with Crippen LogP contribution in [0.2, 0.25) is 0 Å². The number of benzene rings is 3. The molecule has 1 atom stereocenters. The number of carbonyl (C=O) groups is 2. The average molecular weight is 526 g/mol. The second-order valence-corrected chi connectivity index (χ2v) is 11.4. The van der Waals surface area contributed by atoms with Crippen molar-refractivity contribution in [3.05, 3.63) is 72.0 Å². The van der Waals surface area contributed by atoms with Crippen molar-refractivity contribution in [3.63, 3.8) is 0 Å². The van der Waals surface area contributed by atoms with E-state index in [1.54, 1.807) is 30.3 Å². The fraction of sp³-hybridized carbons (Fsp3) is 0.357. The van der Waals surface area contributed by atoms with Crippen LogP contribution in [-0.4, -0.2) is 43.8 Å². The predicted octanol–water partition coefficient (Wildman–Crippen LogP) is 4.60. The first-order valence-electron chi connectivity index (χ1n) is 12.5. The van der Waals surface area contributed by atoms with E-state index >= 15 is 0 Å². The second-order valence-electron chi connectivity index (χ2n) is 9.55. The topological polar surface area (TPSA) is 86.8 Å². The zero-order chi connectivity index (χ0) is 26.7. The van der Waals surface area contributed by atoms with E-state index in [1.807, 2.05) is 39.0 Å². The molecular formula is C28H32FN3O4S. The molecule has 0 fully saturated rings. The summed E-state index contributed by atoms with van der Waals surface area (Å²) in [5.74, 6) is -0.895. The van der Waals surface area contributed by atoms with Gasteiger partial charge in [0.1, 0.15) is 11.9 Å². The summed E-state index contributed by atoms with van der Waals surface area (Å²) in [7, 11) is -3.71. The number of halogens is 1. The Balaban J connectivity index is 1.52. The summed E-state index contributed by atoms with van der Waals surface area (Å²) in [4.78, 5) is 28.2. The van der Waals surface area contributed by atoms with Crippen LogP contribution in [0.15, 0.2) is 65.6 Å². The van der Waals surface area contributed by atoms with Crippen molar-refractivity contribution in [3.8, 4) is 0 Å². The van der Waals surface area contributed by atoms with E-state index in [2.05, 4.69) is 5.32 Å². The van der Waals surface area contributed by atoms with Gasteiger partial charge in [0.15, 0.2) is 0 Å². The number of nitrogens with zero attached hydrogens (tertiary/aromatic N) is 2. The largest absolute Gasteiger partial charge is 0.352 e. The molecule has 0 radical (unpaired) electrons. The molecular weight excluding hydrogens is 493 g/mol. The molecule has 3 aromatic carbocycles. The highest BCUT2D eigenvalue weighted by Gasteiger charge is 2.35. The van der Waals surface area contributed by atoms with E-state index < -0.39 is 16.1 Å². The summed E-state index contributed by atoms with van der Waals surface area (Å²) in [5, 5.41) is 4.43. The Hall–Kier alpha value is -3.46. The fourth-order valence-electron chi connectivity index (χ4n) is 4.80. The van der Waals surface area contributed by atoms with E-state index in [0.29, 0.717) is 23.1 Å². The highest BCUT2D eigenvalue weighted by Crippen LogP contribution is 2.42. The Morgan fingerprint density at radius 3 is 2.35 bits per heavy atom. The standard InChI is InChI=1S/C28H32FN3O4S/c1-4-23(28(34)30-19(2)3)31(18-20-13-15-22(29)16-14-20)26(33)12-7-17-32-24-10-5-8-21-9-6-11-25(27(21)24)37(32,35)36/h5-6,8-11,13-16,19,23H,4,7,12,17-18H2,1-3H3,(H,30,34)/t23-/m1/s1. The quantitative estimate of drug-likeness (QED) is 0.419. The van der Waals surface area contributed by atoms with E-state index in [-0.39, 0.29) is 54.5 Å². The summed E-state index contributed by atoms with van der Waals surface area (Å²) in [6.45, 7) is 5.83. The lowest BCUT2D eigenvalue weighted by Gasteiger charge is -2.31. The number of anilines is 1. The zero-order valence-electron chi connectivity index (χ0n) is 21.3. The first-order valence-corrected chi connectivity index (χ1v) is 14.0. The summed E-state index contributed by atoms with van der Waals surface area (Å²) >= 11 is 0. The summed E-state index contributed by atoms with van der Waals surface area (Å²) < 4.78 is 41.3. The van der Waals surface area contributed by atoms with Crippen molar-refractivity contribution in [2.75, 3.05) is 10.8 Å². The normalized spacial score (nSPS) is 14.7. The molecule has 0 saturated carbocycles. The number of hydrogen-bond acceptors (Lipinski definition) is 4. The van der Waals surface area contributed by atoms with Gasteiger partial charge in [0.05, 0.1) is 10.6 Å². The predicted molar refractivity (Wildman–Crippen MR) is 142 cm³/mol. The first kappa shape index (κ1) is 26.6. The van der Waals surface area contributed by atoms with Crippen molar-refractivity contribution < 1.29 is 22.4 Å². The van der Waals surface area contributed by atoms with Gasteiger partial charge in [-0.3, -0.25) is 13.9 Å². The third-order valence-corrected chi connectivity index (χ3v) is 8.37. The molecule has 0 spiro atoms. The molecule has 3 aromatic rings. The molecule has 9 heteroatoms. The number of rotatable bonds is 10. The van der Waals surface area contributed by atoms with Crippen LogP contribution in [0.25, 0.3) is 10.8 Å². The minimum absolute atomic E-state index is 0.0605. The Bertz CT molecular complexity index is 1400. The van der Waals surface area contributed by atoms with Crippen LogP contribution >= 0.6 is 0 Å². The van der Waals surface area contributed by atoms with Gasteiger partial charge in [-0.1, -0.05) is 43.3 Å². The zero-order valence-corrected chi connectivity index (χ0v) is 22.1. The van der Waals surface area contributed by atoms with Gasteiger partial charge < -0.3 is 10.2 Å². The van der Waals surface area contributed by atoms with E-state index in [4.69, 9.17) is 0 Å². The molecule has 1 aliphatic heterocycles. The van der Waals surface area contributed by atoms with Gasteiger partial charge in [-0.05, 0) is 61.9 Å². The van der Waals surface area contributed by atoms with Crippen molar-refractivity contribution in [2.45, 2.75) is 63.6 Å². The summed E-state index contributed by atoms with van der Waals surface area (Å²) in [6, 6.07) is 15.7. The summed E-state index contributed by atoms with van der Waals surface area (Å²) in [6.07, 6.45) is 0.749. The molecule has 0 bridgehead atoms. The maximum absolute atomic E-state index is 13.5. The minimum Gasteiger partial charge on any atom is -0.352 e. The Kier molecular flexibility index (Phi) is 7.82.